The van der Waals surface area contributed by atoms with E-state index < -0.39 is 0 Å². The molecule has 0 spiro atoms. The zero-order valence-electron chi connectivity index (χ0n) is 14.3. The second kappa shape index (κ2) is 9.08. The van der Waals surface area contributed by atoms with E-state index in [1.54, 1.807) is 42.5 Å². The summed E-state index contributed by atoms with van der Waals surface area (Å²) in [6.45, 7) is 2.04. The number of hydrogen-bond acceptors (Lipinski definition) is 3. The van der Waals surface area contributed by atoms with Crippen molar-refractivity contribution in [3.05, 3.63) is 53.1 Å². The first-order chi connectivity index (χ1) is 12.0. The summed E-state index contributed by atoms with van der Waals surface area (Å²) in [6.07, 6.45) is 2.30. The molecule has 0 aliphatic carbocycles. The molecular formula is C19H21ClN2O3. The minimum atomic E-state index is -0.293. The van der Waals surface area contributed by atoms with Gasteiger partial charge in [-0.15, -0.1) is 0 Å². The Balaban J connectivity index is 2.04. The largest absolute Gasteiger partial charge is 0.495 e. The first-order valence-corrected chi connectivity index (χ1v) is 8.46. The van der Waals surface area contributed by atoms with Crippen molar-refractivity contribution in [3.63, 3.8) is 0 Å². The number of carbonyl (C=O) groups is 2. The molecule has 0 bridgehead atoms. The van der Waals surface area contributed by atoms with Crippen LogP contribution in [0.25, 0.3) is 0 Å². The van der Waals surface area contributed by atoms with Gasteiger partial charge in [-0.1, -0.05) is 31.0 Å². The molecule has 2 aromatic rings. The number of hydrogen-bond donors (Lipinski definition) is 2. The lowest BCUT2D eigenvalue weighted by molar-refractivity contribution is -0.116. The third-order valence-corrected chi connectivity index (χ3v) is 3.87. The summed E-state index contributed by atoms with van der Waals surface area (Å²) in [7, 11) is 1.52. The van der Waals surface area contributed by atoms with Crippen LogP contribution in [-0.2, 0) is 4.79 Å². The van der Waals surface area contributed by atoms with E-state index in [1.165, 1.54) is 7.11 Å². The molecule has 2 amide bonds. The first-order valence-electron chi connectivity index (χ1n) is 8.08. The van der Waals surface area contributed by atoms with Crippen LogP contribution in [0.15, 0.2) is 42.5 Å². The van der Waals surface area contributed by atoms with Crippen molar-refractivity contribution in [1.82, 2.24) is 0 Å². The zero-order chi connectivity index (χ0) is 18.2. The monoisotopic (exact) mass is 360 g/mol. The maximum absolute atomic E-state index is 12.3. The molecule has 2 rings (SSSR count). The lowest BCUT2D eigenvalue weighted by atomic mass is 10.2. The van der Waals surface area contributed by atoms with Crippen LogP contribution in [0, 0.1) is 0 Å². The maximum Gasteiger partial charge on any atom is 0.255 e. The number of rotatable bonds is 7. The predicted octanol–water partition coefficient (Wildman–Crippen LogP) is 4.73. The van der Waals surface area contributed by atoms with Gasteiger partial charge in [-0.2, -0.15) is 0 Å². The van der Waals surface area contributed by atoms with E-state index in [9.17, 15) is 9.59 Å². The molecule has 2 aromatic carbocycles. The average molecular weight is 361 g/mol. The smallest absolute Gasteiger partial charge is 0.255 e. The van der Waals surface area contributed by atoms with Crippen molar-refractivity contribution < 1.29 is 14.3 Å². The van der Waals surface area contributed by atoms with Gasteiger partial charge in [0.15, 0.2) is 0 Å². The van der Waals surface area contributed by atoms with Crippen molar-refractivity contribution in [3.8, 4) is 5.75 Å². The summed E-state index contributed by atoms with van der Waals surface area (Å²) in [6, 6.07) is 11.8. The number of unbranched alkanes of at least 4 members (excludes halogenated alkanes) is 1. The Morgan fingerprint density at radius 2 is 1.80 bits per heavy atom. The highest BCUT2D eigenvalue weighted by atomic mass is 35.5. The third kappa shape index (κ3) is 5.50. The standard InChI is InChI=1S/C19H21ClN2O3/c1-3-4-8-18(23)21-14-6-5-7-15(12-14)22-19(24)13-9-10-17(25-2)16(20)11-13/h5-7,9-12H,3-4,8H2,1-2H3,(H,21,23)(H,22,24). The molecule has 0 unspecified atom stereocenters. The highest BCUT2D eigenvalue weighted by Crippen LogP contribution is 2.25. The summed E-state index contributed by atoms with van der Waals surface area (Å²) >= 11 is 6.05. The van der Waals surface area contributed by atoms with Gasteiger partial charge in [-0.25, -0.2) is 0 Å². The Bertz CT molecular complexity index is 762. The number of carbonyl (C=O) groups excluding carboxylic acids is 2. The molecule has 0 saturated heterocycles. The molecule has 0 aliphatic heterocycles. The van der Waals surface area contributed by atoms with Crippen molar-refractivity contribution in [1.29, 1.82) is 0 Å². The molecular weight excluding hydrogens is 340 g/mol. The van der Waals surface area contributed by atoms with Crippen LogP contribution in [0.5, 0.6) is 5.75 Å². The van der Waals surface area contributed by atoms with Crippen LogP contribution >= 0.6 is 11.6 Å². The van der Waals surface area contributed by atoms with Crippen LogP contribution in [0.4, 0.5) is 11.4 Å². The maximum atomic E-state index is 12.3. The number of methoxy groups -OCH3 is 1. The lowest BCUT2D eigenvalue weighted by Gasteiger charge is -2.10. The summed E-state index contributed by atoms with van der Waals surface area (Å²) in [5, 5.41) is 5.98. The van der Waals surface area contributed by atoms with Crippen molar-refractivity contribution in [2.45, 2.75) is 26.2 Å². The van der Waals surface area contributed by atoms with Gasteiger partial charge in [0.1, 0.15) is 5.75 Å². The summed E-state index contributed by atoms with van der Waals surface area (Å²) in [5.41, 5.74) is 1.65. The molecule has 0 atom stereocenters. The first kappa shape index (κ1) is 18.8. The number of amides is 2. The fourth-order valence-electron chi connectivity index (χ4n) is 2.25. The predicted molar refractivity (Wildman–Crippen MR) is 101 cm³/mol. The Morgan fingerprint density at radius 1 is 1.08 bits per heavy atom. The zero-order valence-corrected chi connectivity index (χ0v) is 15.0. The van der Waals surface area contributed by atoms with E-state index in [-0.39, 0.29) is 11.8 Å². The minimum Gasteiger partial charge on any atom is -0.495 e. The normalized spacial score (nSPS) is 10.2. The number of benzene rings is 2. The molecule has 0 saturated carbocycles. The van der Waals surface area contributed by atoms with Crippen LogP contribution in [-0.4, -0.2) is 18.9 Å². The van der Waals surface area contributed by atoms with E-state index >= 15 is 0 Å². The van der Waals surface area contributed by atoms with Crippen molar-refractivity contribution in [2.24, 2.45) is 0 Å². The quantitative estimate of drug-likeness (QED) is 0.750. The number of anilines is 2. The van der Waals surface area contributed by atoms with Crippen LogP contribution < -0.4 is 15.4 Å². The Hall–Kier alpha value is -2.53. The number of ether oxygens (including phenoxy) is 1. The summed E-state index contributed by atoms with van der Waals surface area (Å²) in [5.74, 6) is 0.182. The minimum absolute atomic E-state index is 0.0349. The third-order valence-electron chi connectivity index (χ3n) is 3.58. The van der Waals surface area contributed by atoms with Gasteiger partial charge >= 0.3 is 0 Å². The van der Waals surface area contributed by atoms with Crippen molar-refractivity contribution in [2.75, 3.05) is 17.7 Å². The van der Waals surface area contributed by atoms with Gasteiger partial charge in [0.05, 0.1) is 12.1 Å². The molecule has 0 radical (unpaired) electrons. The fraction of sp³-hybridized carbons (Fsp3) is 0.263. The van der Waals surface area contributed by atoms with Crippen LogP contribution in [0.1, 0.15) is 36.5 Å². The second-order valence-electron chi connectivity index (χ2n) is 5.54. The van der Waals surface area contributed by atoms with Gasteiger partial charge in [0.25, 0.3) is 5.91 Å². The molecule has 25 heavy (non-hydrogen) atoms. The van der Waals surface area contributed by atoms with Crippen LogP contribution in [0.3, 0.4) is 0 Å². The van der Waals surface area contributed by atoms with Gasteiger partial charge in [-0.3, -0.25) is 9.59 Å². The van der Waals surface area contributed by atoms with Gasteiger partial charge in [-0.05, 0) is 42.8 Å². The van der Waals surface area contributed by atoms with Crippen LogP contribution in [0.2, 0.25) is 5.02 Å². The molecule has 6 heteroatoms. The highest BCUT2D eigenvalue weighted by Gasteiger charge is 2.10. The average Bonchev–Trinajstić information content (AvgIpc) is 2.60. The lowest BCUT2D eigenvalue weighted by Crippen LogP contribution is -2.13. The number of halogens is 1. The summed E-state index contributed by atoms with van der Waals surface area (Å²) < 4.78 is 5.07. The van der Waals surface area contributed by atoms with Gasteiger partial charge in [0.2, 0.25) is 5.91 Å². The number of nitrogens with one attached hydrogen (secondary N) is 2. The fourth-order valence-corrected chi connectivity index (χ4v) is 2.50. The molecule has 0 aliphatic rings. The molecule has 0 heterocycles. The molecule has 0 aromatic heterocycles. The topological polar surface area (TPSA) is 67.4 Å². The van der Waals surface area contributed by atoms with E-state index in [2.05, 4.69) is 10.6 Å². The van der Waals surface area contributed by atoms with E-state index in [4.69, 9.17) is 16.3 Å². The summed E-state index contributed by atoms with van der Waals surface area (Å²) in [4.78, 5) is 24.1. The van der Waals surface area contributed by atoms with E-state index in [0.29, 0.717) is 34.1 Å². The molecule has 132 valence electrons. The molecule has 0 fully saturated rings. The Morgan fingerprint density at radius 3 is 2.44 bits per heavy atom. The SMILES string of the molecule is CCCCC(=O)Nc1cccc(NC(=O)c2ccc(OC)c(Cl)c2)c1. The van der Waals surface area contributed by atoms with Crippen molar-refractivity contribution >= 4 is 34.8 Å². The second-order valence-corrected chi connectivity index (χ2v) is 5.94. The molecule has 5 nitrogen and oxygen atoms in total. The van der Waals surface area contributed by atoms with E-state index in [0.717, 1.165) is 12.8 Å². The highest BCUT2D eigenvalue weighted by molar-refractivity contribution is 6.32. The molecule has 2 N–H and O–H groups in total. The Kier molecular flexibility index (Phi) is 6.83. The van der Waals surface area contributed by atoms with Gasteiger partial charge in [0, 0.05) is 23.4 Å². The Labute approximate surface area is 152 Å². The van der Waals surface area contributed by atoms with Gasteiger partial charge < -0.3 is 15.4 Å². The van der Waals surface area contributed by atoms with E-state index in [1.807, 2.05) is 6.92 Å².